The van der Waals surface area contributed by atoms with E-state index < -0.39 is 9.84 Å². The molecule has 4 heteroatoms. The third kappa shape index (κ3) is 3.33. The predicted molar refractivity (Wildman–Crippen MR) is 74.2 cm³/mol. The summed E-state index contributed by atoms with van der Waals surface area (Å²) in [6.07, 6.45) is 2.50. The van der Waals surface area contributed by atoms with Gasteiger partial charge in [0.2, 0.25) is 0 Å². The fraction of sp³-hybridized carbons (Fsp3) is 0.571. The van der Waals surface area contributed by atoms with Crippen molar-refractivity contribution >= 4 is 9.84 Å². The van der Waals surface area contributed by atoms with Gasteiger partial charge in [-0.3, -0.25) is 0 Å². The first kappa shape index (κ1) is 13.6. The van der Waals surface area contributed by atoms with E-state index >= 15 is 0 Å². The summed E-state index contributed by atoms with van der Waals surface area (Å²) in [4.78, 5) is 0. The molecule has 1 aromatic carbocycles. The molecule has 3 nitrogen and oxygen atoms in total. The first-order valence-corrected chi connectivity index (χ1v) is 8.40. The zero-order valence-corrected chi connectivity index (χ0v) is 11.4. The van der Waals surface area contributed by atoms with Crippen LogP contribution in [0.2, 0.25) is 0 Å². The molecule has 100 valence electrons. The minimum atomic E-state index is -2.78. The van der Waals surface area contributed by atoms with Gasteiger partial charge in [0.1, 0.15) is 9.84 Å². The average Bonchev–Trinajstić information content (AvgIpc) is 2.38. The van der Waals surface area contributed by atoms with Crippen LogP contribution >= 0.6 is 0 Å². The first-order chi connectivity index (χ1) is 8.62. The van der Waals surface area contributed by atoms with Crippen molar-refractivity contribution in [3.8, 4) is 0 Å². The normalized spacial score (nSPS) is 21.6. The zero-order valence-electron chi connectivity index (χ0n) is 10.6. The lowest BCUT2D eigenvalue weighted by molar-refractivity contribution is 0.371. The van der Waals surface area contributed by atoms with Gasteiger partial charge in [-0.1, -0.05) is 30.3 Å². The van der Waals surface area contributed by atoms with E-state index in [1.54, 1.807) is 0 Å². The molecule has 0 aromatic heterocycles. The molecule has 1 aliphatic rings. The van der Waals surface area contributed by atoms with Gasteiger partial charge >= 0.3 is 0 Å². The molecule has 1 aliphatic heterocycles. The van der Waals surface area contributed by atoms with E-state index in [1.807, 2.05) is 18.2 Å². The molecule has 18 heavy (non-hydrogen) atoms. The van der Waals surface area contributed by atoms with Crippen molar-refractivity contribution in [3.05, 3.63) is 35.9 Å². The summed E-state index contributed by atoms with van der Waals surface area (Å²) >= 11 is 0. The van der Waals surface area contributed by atoms with Crippen molar-refractivity contribution < 1.29 is 8.42 Å². The molecular formula is C14H21NO2S. The van der Waals surface area contributed by atoms with Crippen molar-refractivity contribution in [1.29, 1.82) is 0 Å². The van der Waals surface area contributed by atoms with Gasteiger partial charge in [0.15, 0.2) is 0 Å². The minimum Gasteiger partial charge on any atom is -0.330 e. The van der Waals surface area contributed by atoms with Gasteiger partial charge in [0, 0.05) is 0 Å². The summed E-state index contributed by atoms with van der Waals surface area (Å²) in [6.45, 7) is 0.656. The minimum absolute atomic E-state index is 0.339. The van der Waals surface area contributed by atoms with Crippen LogP contribution in [0.3, 0.4) is 0 Å². The van der Waals surface area contributed by atoms with Crippen LogP contribution < -0.4 is 5.73 Å². The second kappa shape index (κ2) is 5.85. The van der Waals surface area contributed by atoms with E-state index in [0.29, 0.717) is 29.9 Å². The third-order valence-corrected chi connectivity index (χ3v) is 5.59. The Hall–Kier alpha value is -0.870. The number of benzene rings is 1. The Balaban J connectivity index is 2.12. The standard InChI is InChI=1S/C14H21NO2S/c15-9-6-14(12-4-2-1-3-5-12)13-7-10-18(16,17)11-8-13/h1-5,13-14H,6-11,15H2. The van der Waals surface area contributed by atoms with Crippen LogP contribution in [0.1, 0.15) is 30.7 Å². The lowest BCUT2D eigenvalue weighted by Crippen LogP contribution is -2.28. The fourth-order valence-corrected chi connectivity index (χ4v) is 4.39. The van der Waals surface area contributed by atoms with Crippen LogP contribution in [0.25, 0.3) is 0 Å². The topological polar surface area (TPSA) is 60.2 Å². The highest BCUT2D eigenvalue weighted by Crippen LogP contribution is 2.35. The van der Waals surface area contributed by atoms with Gasteiger partial charge in [0.05, 0.1) is 11.5 Å². The molecule has 1 saturated heterocycles. The van der Waals surface area contributed by atoms with Crippen molar-refractivity contribution in [2.75, 3.05) is 18.1 Å². The Morgan fingerprint density at radius 3 is 2.33 bits per heavy atom. The smallest absolute Gasteiger partial charge is 0.150 e. The highest BCUT2D eigenvalue weighted by Gasteiger charge is 2.29. The van der Waals surface area contributed by atoms with Crippen LogP contribution in [0.4, 0.5) is 0 Å². The summed E-state index contributed by atoms with van der Waals surface area (Å²) in [7, 11) is -2.78. The van der Waals surface area contributed by atoms with Gasteiger partial charge in [0.25, 0.3) is 0 Å². The summed E-state index contributed by atoms with van der Waals surface area (Å²) in [5, 5.41) is 0. The summed E-state index contributed by atoms with van der Waals surface area (Å²) < 4.78 is 23.0. The van der Waals surface area contributed by atoms with E-state index in [4.69, 9.17) is 5.73 Å². The molecule has 0 aliphatic carbocycles. The van der Waals surface area contributed by atoms with Gasteiger partial charge < -0.3 is 5.73 Å². The lowest BCUT2D eigenvalue weighted by Gasteiger charge is -2.30. The number of rotatable bonds is 4. The van der Waals surface area contributed by atoms with Crippen molar-refractivity contribution in [2.24, 2.45) is 11.7 Å². The van der Waals surface area contributed by atoms with E-state index in [0.717, 1.165) is 19.3 Å². The number of nitrogens with two attached hydrogens (primary N) is 1. The average molecular weight is 267 g/mol. The highest BCUT2D eigenvalue weighted by molar-refractivity contribution is 7.91. The summed E-state index contributed by atoms with van der Waals surface area (Å²) in [6, 6.07) is 10.3. The van der Waals surface area contributed by atoms with Crippen LogP contribution in [0, 0.1) is 5.92 Å². The third-order valence-electron chi connectivity index (χ3n) is 3.87. The highest BCUT2D eigenvalue weighted by atomic mass is 32.2. The fourth-order valence-electron chi connectivity index (χ4n) is 2.86. The molecule has 0 spiro atoms. The number of hydrogen-bond acceptors (Lipinski definition) is 3. The Labute approximate surface area is 109 Å². The second-order valence-electron chi connectivity index (χ2n) is 5.08. The van der Waals surface area contributed by atoms with Crippen LogP contribution in [-0.2, 0) is 9.84 Å². The first-order valence-electron chi connectivity index (χ1n) is 6.58. The van der Waals surface area contributed by atoms with E-state index in [1.165, 1.54) is 5.56 Å². The molecule has 2 rings (SSSR count). The van der Waals surface area contributed by atoms with Gasteiger partial charge in [-0.25, -0.2) is 8.42 Å². The zero-order chi connectivity index (χ0) is 13.0. The molecular weight excluding hydrogens is 246 g/mol. The van der Waals surface area contributed by atoms with Gasteiger partial charge in [-0.15, -0.1) is 0 Å². The quantitative estimate of drug-likeness (QED) is 0.907. The Morgan fingerprint density at radius 1 is 1.17 bits per heavy atom. The number of sulfone groups is 1. The molecule has 2 N–H and O–H groups in total. The SMILES string of the molecule is NCCC(c1ccccc1)C1CCS(=O)(=O)CC1. The monoisotopic (exact) mass is 267 g/mol. The van der Waals surface area contributed by atoms with Crippen molar-refractivity contribution in [3.63, 3.8) is 0 Å². The second-order valence-corrected chi connectivity index (χ2v) is 7.39. The van der Waals surface area contributed by atoms with E-state index in [9.17, 15) is 8.42 Å². The molecule has 0 saturated carbocycles. The Bertz CT molecular complexity index is 456. The maximum absolute atomic E-state index is 11.5. The van der Waals surface area contributed by atoms with E-state index in [-0.39, 0.29) is 0 Å². The molecule has 1 atom stereocenters. The largest absolute Gasteiger partial charge is 0.330 e. The Morgan fingerprint density at radius 2 is 1.78 bits per heavy atom. The summed E-state index contributed by atoms with van der Waals surface area (Å²) in [5.74, 6) is 1.54. The summed E-state index contributed by atoms with van der Waals surface area (Å²) in [5.41, 5.74) is 7.01. The molecule has 1 aromatic rings. The van der Waals surface area contributed by atoms with Crippen LogP contribution in [0.15, 0.2) is 30.3 Å². The van der Waals surface area contributed by atoms with Crippen molar-refractivity contribution in [2.45, 2.75) is 25.2 Å². The van der Waals surface area contributed by atoms with Crippen LogP contribution in [0.5, 0.6) is 0 Å². The molecule has 1 fully saturated rings. The molecule has 1 heterocycles. The molecule has 0 radical (unpaired) electrons. The lowest BCUT2D eigenvalue weighted by atomic mass is 9.80. The van der Waals surface area contributed by atoms with Crippen molar-refractivity contribution in [1.82, 2.24) is 0 Å². The number of hydrogen-bond donors (Lipinski definition) is 1. The van der Waals surface area contributed by atoms with Gasteiger partial charge in [-0.2, -0.15) is 0 Å². The van der Waals surface area contributed by atoms with E-state index in [2.05, 4.69) is 12.1 Å². The molecule has 0 bridgehead atoms. The van der Waals surface area contributed by atoms with Gasteiger partial charge in [-0.05, 0) is 43.2 Å². The predicted octanol–water partition coefficient (Wildman–Crippen LogP) is 1.94. The maximum atomic E-state index is 11.5. The maximum Gasteiger partial charge on any atom is 0.150 e. The Kier molecular flexibility index (Phi) is 4.40. The van der Waals surface area contributed by atoms with Crippen LogP contribution in [-0.4, -0.2) is 26.5 Å². The molecule has 0 amide bonds. The molecule has 1 unspecified atom stereocenters.